The van der Waals surface area contributed by atoms with Crippen LogP contribution in [0.2, 0.25) is 0 Å². The van der Waals surface area contributed by atoms with Gasteiger partial charge in [-0.25, -0.2) is 8.42 Å². The van der Waals surface area contributed by atoms with E-state index >= 15 is 0 Å². The number of sulfonamides is 1. The van der Waals surface area contributed by atoms with E-state index in [2.05, 4.69) is 4.72 Å². The molecule has 0 saturated heterocycles. The van der Waals surface area contributed by atoms with Crippen molar-refractivity contribution in [3.8, 4) is 11.5 Å². The fourth-order valence-electron chi connectivity index (χ4n) is 2.39. The summed E-state index contributed by atoms with van der Waals surface area (Å²) in [5, 5.41) is 11.1. The number of phenols is 1. The average Bonchev–Trinajstić information content (AvgIpc) is 2.55. The third kappa shape index (κ3) is 2.93. The smallest absolute Gasteiger partial charge is 0.265 e. The Kier molecular flexibility index (Phi) is 3.83. The van der Waals surface area contributed by atoms with E-state index in [4.69, 9.17) is 4.74 Å². The molecule has 0 unspecified atom stereocenters. The van der Waals surface area contributed by atoms with E-state index in [0.717, 1.165) is 5.39 Å². The zero-order valence-electron chi connectivity index (χ0n) is 12.4. The summed E-state index contributed by atoms with van der Waals surface area (Å²) < 4.78 is 33.0. The van der Waals surface area contributed by atoms with Crippen LogP contribution in [0.25, 0.3) is 10.8 Å². The summed E-state index contributed by atoms with van der Waals surface area (Å²) in [5.41, 5.74) is 0.393. The summed E-state index contributed by atoms with van der Waals surface area (Å²) >= 11 is 0. The Morgan fingerprint density at radius 3 is 2.57 bits per heavy atom. The Bertz CT molecular complexity index is 967. The number of anilines is 1. The van der Waals surface area contributed by atoms with Gasteiger partial charge in [0.1, 0.15) is 16.4 Å². The van der Waals surface area contributed by atoms with E-state index < -0.39 is 10.0 Å². The molecule has 0 radical (unpaired) electrons. The van der Waals surface area contributed by atoms with Crippen LogP contribution in [-0.4, -0.2) is 20.6 Å². The summed E-state index contributed by atoms with van der Waals surface area (Å²) in [6.45, 7) is 0. The van der Waals surface area contributed by atoms with Gasteiger partial charge in [0, 0.05) is 5.39 Å². The Morgan fingerprint density at radius 1 is 1.00 bits per heavy atom. The molecule has 118 valence electrons. The van der Waals surface area contributed by atoms with Gasteiger partial charge in [0.05, 0.1) is 12.8 Å². The molecular weight excluding hydrogens is 314 g/mol. The first-order valence-corrected chi connectivity index (χ1v) is 8.37. The maximum Gasteiger partial charge on any atom is 0.265 e. The molecule has 0 spiro atoms. The van der Waals surface area contributed by atoms with Crippen molar-refractivity contribution in [1.82, 2.24) is 0 Å². The quantitative estimate of drug-likeness (QED) is 0.769. The SMILES string of the molecule is COc1ccccc1S(=O)(=O)Nc1cccc2ccc(O)cc12. The summed E-state index contributed by atoms with van der Waals surface area (Å²) in [7, 11) is -2.40. The molecule has 5 nitrogen and oxygen atoms in total. The molecule has 0 aromatic heterocycles. The number of hydrogen-bond acceptors (Lipinski definition) is 4. The van der Waals surface area contributed by atoms with E-state index in [1.807, 2.05) is 6.07 Å². The first kappa shape index (κ1) is 15.2. The van der Waals surface area contributed by atoms with Crippen LogP contribution in [0.15, 0.2) is 65.6 Å². The maximum absolute atomic E-state index is 12.7. The first-order chi connectivity index (χ1) is 11.0. The molecule has 0 heterocycles. The molecule has 2 N–H and O–H groups in total. The van der Waals surface area contributed by atoms with Gasteiger partial charge in [0.15, 0.2) is 0 Å². The molecule has 0 bridgehead atoms. The third-order valence-electron chi connectivity index (χ3n) is 3.47. The van der Waals surface area contributed by atoms with Crippen molar-refractivity contribution in [2.24, 2.45) is 0 Å². The minimum Gasteiger partial charge on any atom is -0.508 e. The topological polar surface area (TPSA) is 75.6 Å². The lowest BCUT2D eigenvalue weighted by Crippen LogP contribution is -2.14. The normalized spacial score (nSPS) is 11.3. The van der Waals surface area contributed by atoms with Gasteiger partial charge in [-0.2, -0.15) is 0 Å². The first-order valence-electron chi connectivity index (χ1n) is 6.89. The number of fused-ring (bicyclic) bond motifs is 1. The lowest BCUT2D eigenvalue weighted by atomic mass is 10.1. The number of nitrogens with one attached hydrogen (secondary N) is 1. The van der Waals surface area contributed by atoms with E-state index in [1.54, 1.807) is 42.5 Å². The molecule has 0 aliphatic carbocycles. The molecule has 23 heavy (non-hydrogen) atoms. The summed E-state index contributed by atoms with van der Waals surface area (Å²) in [4.78, 5) is 0.0552. The second-order valence-corrected chi connectivity index (χ2v) is 6.62. The predicted octanol–water partition coefficient (Wildman–Crippen LogP) is 3.35. The van der Waals surface area contributed by atoms with E-state index in [0.29, 0.717) is 11.1 Å². The number of phenolic OH excluding ortho intramolecular Hbond substituents is 1. The third-order valence-corrected chi connectivity index (χ3v) is 4.87. The number of para-hydroxylation sites is 1. The van der Waals surface area contributed by atoms with Crippen molar-refractivity contribution >= 4 is 26.5 Å². The van der Waals surface area contributed by atoms with Gasteiger partial charge >= 0.3 is 0 Å². The molecule has 3 aromatic rings. The van der Waals surface area contributed by atoms with Crippen molar-refractivity contribution in [1.29, 1.82) is 0 Å². The highest BCUT2D eigenvalue weighted by molar-refractivity contribution is 7.92. The van der Waals surface area contributed by atoms with Crippen molar-refractivity contribution in [2.45, 2.75) is 4.90 Å². The number of rotatable bonds is 4. The molecule has 6 heteroatoms. The van der Waals surface area contributed by atoms with E-state index in [9.17, 15) is 13.5 Å². The highest BCUT2D eigenvalue weighted by Crippen LogP contribution is 2.30. The van der Waals surface area contributed by atoms with E-state index in [1.165, 1.54) is 19.2 Å². The Morgan fingerprint density at radius 2 is 1.78 bits per heavy atom. The Labute approximate surface area is 134 Å². The van der Waals surface area contributed by atoms with Gasteiger partial charge in [-0.1, -0.05) is 30.3 Å². The van der Waals surface area contributed by atoms with Crippen molar-refractivity contribution < 1.29 is 18.3 Å². The summed E-state index contributed by atoms with van der Waals surface area (Å²) in [6, 6.07) is 16.4. The van der Waals surface area contributed by atoms with Crippen molar-refractivity contribution in [3.63, 3.8) is 0 Å². The second-order valence-electron chi connectivity index (χ2n) is 4.97. The van der Waals surface area contributed by atoms with Gasteiger partial charge in [0.25, 0.3) is 10.0 Å². The fourth-order valence-corrected chi connectivity index (χ4v) is 3.64. The van der Waals surface area contributed by atoms with Crippen molar-refractivity contribution in [3.05, 3.63) is 60.7 Å². The lowest BCUT2D eigenvalue weighted by Gasteiger charge is -2.13. The lowest BCUT2D eigenvalue weighted by molar-refractivity contribution is 0.403. The van der Waals surface area contributed by atoms with E-state index in [-0.39, 0.29) is 16.4 Å². The molecule has 0 aliphatic heterocycles. The highest BCUT2D eigenvalue weighted by atomic mass is 32.2. The predicted molar refractivity (Wildman–Crippen MR) is 89.4 cm³/mol. The Balaban J connectivity index is 2.09. The molecular formula is C17H15NO4S. The molecule has 3 rings (SSSR count). The zero-order chi connectivity index (χ0) is 16.4. The van der Waals surface area contributed by atoms with Crippen LogP contribution in [-0.2, 0) is 10.0 Å². The zero-order valence-corrected chi connectivity index (χ0v) is 13.2. The van der Waals surface area contributed by atoms with Crippen LogP contribution in [0.1, 0.15) is 0 Å². The highest BCUT2D eigenvalue weighted by Gasteiger charge is 2.19. The summed E-state index contributed by atoms with van der Waals surface area (Å²) in [6.07, 6.45) is 0. The van der Waals surface area contributed by atoms with Crippen LogP contribution in [0.5, 0.6) is 11.5 Å². The Hall–Kier alpha value is -2.73. The monoisotopic (exact) mass is 329 g/mol. The van der Waals surface area contributed by atoms with Crippen LogP contribution in [0, 0.1) is 0 Å². The number of benzene rings is 3. The molecule has 0 fully saturated rings. The number of methoxy groups -OCH3 is 1. The van der Waals surface area contributed by atoms with Crippen LogP contribution >= 0.6 is 0 Å². The molecule has 0 atom stereocenters. The maximum atomic E-state index is 12.7. The molecule has 0 aliphatic rings. The fraction of sp³-hybridized carbons (Fsp3) is 0.0588. The second kappa shape index (κ2) is 5.81. The van der Waals surface area contributed by atoms with Gasteiger partial charge in [-0.05, 0) is 35.7 Å². The number of ether oxygens (including phenoxy) is 1. The number of hydrogen-bond donors (Lipinski definition) is 2. The summed E-state index contributed by atoms with van der Waals surface area (Å²) in [5.74, 6) is 0.338. The van der Waals surface area contributed by atoms with Gasteiger partial charge in [-0.3, -0.25) is 4.72 Å². The molecule has 0 saturated carbocycles. The standard InChI is InChI=1S/C17H15NO4S/c1-22-16-7-2-3-8-17(16)23(20,21)18-15-6-4-5-12-9-10-13(19)11-14(12)15/h2-11,18-19H,1H3. The molecule has 0 amide bonds. The minimum atomic E-state index is -3.82. The van der Waals surface area contributed by atoms with Crippen LogP contribution in [0.3, 0.4) is 0 Å². The van der Waals surface area contributed by atoms with Crippen LogP contribution < -0.4 is 9.46 Å². The van der Waals surface area contributed by atoms with Gasteiger partial charge in [-0.15, -0.1) is 0 Å². The van der Waals surface area contributed by atoms with Crippen LogP contribution in [0.4, 0.5) is 5.69 Å². The largest absolute Gasteiger partial charge is 0.508 e. The van der Waals surface area contributed by atoms with Crippen molar-refractivity contribution in [2.75, 3.05) is 11.8 Å². The van der Waals surface area contributed by atoms with Gasteiger partial charge in [0.2, 0.25) is 0 Å². The minimum absolute atomic E-state index is 0.0552. The molecule has 3 aromatic carbocycles. The average molecular weight is 329 g/mol. The number of aromatic hydroxyl groups is 1. The van der Waals surface area contributed by atoms with Gasteiger partial charge < -0.3 is 9.84 Å².